The first-order chi connectivity index (χ1) is 5.83. The van der Waals surface area contributed by atoms with Crippen LogP contribution in [0.5, 0.6) is 0 Å². The summed E-state index contributed by atoms with van der Waals surface area (Å²) in [4.78, 5) is 10.7. The van der Waals surface area contributed by atoms with Gasteiger partial charge in [-0.15, -0.1) is 0 Å². The second-order valence-electron chi connectivity index (χ2n) is 4.22. The van der Waals surface area contributed by atoms with Crippen molar-refractivity contribution in [2.75, 3.05) is 0 Å². The summed E-state index contributed by atoms with van der Waals surface area (Å²) >= 11 is 0. The molecule has 0 aliphatic rings. The third-order valence-corrected chi connectivity index (χ3v) is 1.86. The molecule has 78 valence electrons. The van der Waals surface area contributed by atoms with Crippen molar-refractivity contribution in [2.45, 2.75) is 58.6 Å². The Kier molecular flexibility index (Phi) is 4.99. The predicted molar refractivity (Wildman–Crippen MR) is 53.3 cm³/mol. The predicted octanol–water partition coefficient (Wildman–Crippen LogP) is 1.85. The van der Waals surface area contributed by atoms with Gasteiger partial charge in [-0.3, -0.25) is 4.79 Å². The zero-order chi connectivity index (χ0) is 10.5. The molecule has 0 aliphatic carbocycles. The number of carbonyl (C=O) groups is 1. The molecule has 0 aliphatic heterocycles. The fourth-order valence-electron chi connectivity index (χ4n) is 1.29. The molecular formula is C10H21NO2. The molecule has 0 aromatic rings. The summed E-state index contributed by atoms with van der Waals surface area (Å²) in [7, 11) is 0. The SMILES string of the molecule is CC(=O)OC(C)(C)CCCC(C)N. The lowest BCUT2D eigenvalue weighted by molar-refractivity contribution is -0.154. The number of carbonyl (C=O) groups excluding carboxylic acids is 1. The average Bonchev–Trinajstić information content (AvgIpc) is 1.81. The maximum Gasteiger partial charge on any atom is 0.303 e. The van der Waals surface area contributed by atoms with Gasteiger partial charge in [-0.25, -0.2) is 0 Å². The van der Waals surface area contributed by atoms with E-state index < -0.39 is 0 Å². The van der Waals surface area contributed by atoms with Crippen molar-refractivity contribution in [2.24, 2.45) is 5.73 Å². The van der Waals surface area contributed by atoms with Gasteiger partial charge in [0, 0.05) is 13.0 Å². The lowest BCUT2D eigenvalue weighted by Crippen LogP contribution is -2.27. The van der Waals surface area contributed by atoms with Gasteiger partial charge in [0.25, 0.3) is 0 Å². The summed E-state index contributed by atoms with van der Waals surface area (Å²) in [6, 6.07) is 0.230. The third kappa shape index (κ3) is 7.78. The number of esters is 1. The molecule has 0 spiro atoms. The van der Waals surface area contributed by atoms with E-state index in [-0.39, 0.29) is 17.6 Å². The first-order valence-corrected chi connectivity index (χ1v) is 4.78. The average molecular weight is 187 g/mol. The maximum absolute atomic E-state index is 10.7. The minimum atomic E-state index is -0.347. The van der Waals surface area contributed by atoms with Gasteiger partial charge < -0.3 is 10.5 Å². The van der Waals surface area contributed by atoms with Crippen LogP contribution in [0.1, 0.15) is 47.0 Å². The number of ether oxygens (including phenoxy) is 1. The van der Waals surface area contributed by atoms with E-state index in [9.17, 15) is 4.79 Å². The smallest absolute Gasteiger partial charge is 0.303 e. The monoisotopic (exact) mass is 187 g/mol. The van der Waals surface area contributed by atoms with E-state index in [0.717, 1.165) is 19.3 Å². The summed E-state index contributed by atoms with van der Waals surface area (Å²) in [6.45, 7) is 7.28. The van der Waals surface area contributed by atoms with Crippen LogP contribution in [-0.4, -0.2) is 17.6 Å². The van der Waals surface area contributed by atoms with Gasteiger partial charge in [0.1, 0.15) is 5.60 Å². The molecule has 0 aromatic carbocycles. The van der Waals surface area contributed by atoms with E-state index >= 15 is 0 Å². The Morgan fingerprint density at radius 2 is 2.08 bits per heavy atom. The molecule has 3 heteroatoms. The molecule has 0 fully saturated rings. The quantitative estimate of drug-likeness (QED) is 0.668. The molecular weight excluding hydrogens is 166 g/mol. The molecule has 13 heavy (non-hydrogen) atoms. The van der Waals surface area contributed by atoms with Crippen LogP contribution in [0.4, 0.5) is 0 Å². The zero-order valence-corrected chi connectivity index (χ0v) is 9.09. The molecule has 3 nitrogen and oxygen atoms in total. The molecule has 0 saturated carbocycles. The molecule has 1 atom stereocenters. The fourth-order valence-corrected chi connectivity index (χ4v) is 1.29. The number of hydrogen-bond acceptors (Lipinski definition) is 3. The van der Waals surface area contributed by atoms with Gasteiger partial charge in [-0.05, 0) is 40.0 Å². The fraction of sp³-hybridized carbons (Fsp3) is 0.900. The van der Waals surface area contributed by atoms with E-state index in [1.165, 1.54) is 6.92 Å². The molecule has 0 bridgehead atoms. The van der Waals surface area contributed by atoms with Gasteiger partial charge in [0.15, 0.2) is 0 Å². The largest absolute Gasteiger partial charge is 0.460 e. The Balaban J connectivity index is 3.69. The van der Waals surface area contributed by atoms with E-state index in [2.05, 4.69) is 0 Å². The van der Waals surface area contributed by atoms with Gasteiger partial charge in [0.05, 0.1) is 0 Å². The standard InChI is InChI=1S/C10H21NO2/c1-8(11)6-5-7-10(3,4)13-9(2)12/h8H,5-7,11H2,1-4H3. The van der Waals surface area contributed by atoms with Crippen LogP contribution in [0.25, 0.3) is 0 Å². The van der Waals surface area contributed by atoms with Crippen molar-refractivity contribution in [1.29, 1.82) is 0 Å². The van der Waals surface area contributed by atoms with Crippen LogP contribution in [-0.2, 0) is 9.53 Å². The summed E-state index contributed by atoms with van der Waals surface area (Å²) in [5.74, 6) is -0.217. The summed E-state index contributed by atoms with van der Waals surface area (Å²) < 4.78 is 5.14. The highest BCUT2D eigenvalue weighted by molar-refractivity contribution is 5.66. The number of hydrogen-bond donors (Lipinski definition) is 1. The van der Waals surface area contributed by atoms with Gasteiger partial charge in [-0.2, -0.15) is 0 Å². The topological polar surface area (TPSA) is 52.3 Å². The van der Waals surface area contributed by atoms with E-state index in [1.807, 2.05) is 20.8 Å². The Bertz CT molecular complexity index is 164. The third-order valence-electron chi connectivity index (χ3n) is 1.86. The molecule has 2 N–H and O–H groups in total. The minimum Gasteiger partial charge on any atom is -0.460 e. The van der Waals surface area contributed by atoms with Crippen molar-refractivity contribution >= 4 is 5.97 Å². The summed E-state index contributed by atoms with van der Waals surface area (Å²) in [6.07, 6.45) is 2.84. The second kappa shape index (κ2) is 5.22. The molecule has 0 radical (unpaired) electrons. The van der Waals surface area contributed by atoms with Gasteiger partial charge in [0.2, 0.25) is 0 Å². The van der Waals surface area contributed by atoms with Crippen molar-refractivity contribution in [1.82, 2.24) is 0 Å². The highest BCUT2D eigenvalue weighted by atomic mass is 16.6. The van der Waals surface area contributed by atoms with Crippen molar-refractivity contribution in [3.8, 4) is 0 Å². The summed E-state index contributed by atoms with van der Waals surface area (Å²) in [5.41, 5.74) is 5.27. The van der Waals surface area contributed by atoms with Crippen LogP contribution in [0.2, 0.25) is 0 Å². The molecule has 0 heterocycles. The Morgan fingerprint density at radius 3 is 2.46 bits per heavy atom. The molecule has 0 aromatic heterocycles. The van der Waals surface area contributed by atoms with Gasteiger partial charge >= 0.3 is 5.97 Å². The molecule has 0 saturated heterocycles. The Labute approximate surface area is 80.6 Å². The second-order valence-corrected chi connectivity index (χ2v) is 4.22. The lowest BCUT2D eigenvalue weighted by Gasteiger charge is -2.24. The van der Waals surface area contributed by atoms with Crippen molar-refractivity contribution in [3.63, 3.8) is 0 Å². The van der Waals surface area contributed by atoms with Gasteiger partial charge in [-0.1, -0.05) is 0 Å². The van der Waals surface area contributed by atoms with Crippen LogP contribution in [0, 0.1) is 0 Å². The Hall–Kier alpha value is -0.570. The lowest BCUT2D eigenvalue weighted by atomic mass is 9.99. The van der Waals surface area contributed by atoms with Crippen LogP contribution in [0.3, 0.4) is 0 Å². The zero-order valence-electron chi connectivity index (χ0n) is 9.09. The van der Waals surface area contributed by atoms with E-state index in [4.69, 9.17) is 10.5 Å². The molecule has 0 amide bonds. The number of nitrogens with two attached hydrogens (primary N) is 1. The normalized spacial score (nSPS) is 13.9. The highest BCUT2D eigenvalue weighted by Gasteiger charge is 2.20. The Morgan fingerprint density at radius 1 is 1.54 bits per heavy atom. The van der Waals surface area contributed by atoms with E-state index in [1.54, 1.807) is 0 Å². The van der Waals surface area contributed by atoms with Crippen molar-refractivity contribution < 1.29 is 9.53 Å². The van der Waals surface area contributed by atoms with Crippen LogP contribution < -0.4 is 5.73 Å². The highest BCUT2D eigenvalue weighted by Crippen LogP contribution is 2.18. The van der Waals surface area contributed by atoms with Crippen LogP contribution >= 0.6 is 0 Å². The summed E-state index contributed by atoms with van der Waals surface area (Å²) in [5, 5.41) is 0. The first-order valence-electron chi connectivity index (χ1n) is 4.78. The maximum atomic E-state index is 10.7. The molecule has 1 unspecified atom stereocenters. The number of rotatable bonds is 5. The van der Waals surface area contributed by atoms with Crippen LogP contribution in [0.15, 0.2) is 0 Å². The molecule has 0 rings (SSSR count). The minimum absolute atomic E-state index is 0.217. The van der Waals surface area contributed by atoms with Crippen molar-refractivity contribution in [3.05, 3.63) is 0 Å². The van der Waals surface area contributed by atoms with E-state index in [0.29, 0.717) is 0 Å². The first kappa shape index (κ1) is 12.4.